The summed E-state index contributed by atoms with van der Waals surface area (Å²) in [5.74, 6) is 0.274. The van der Waals surface area contributed by atoms with Crippen LogP contribution in [0.1, 0.15) is 38.2 Å². The number of hydrogen-bond acceptors (Lipinski definition) is 3. The number of hydrogen-bond donors (Lipinski definition) is 2. The maximum absolute atomic E-state index is 11.9. The topological polar surface area (TPSA) is 67.4 Å². The van der Waals surface area contributed by atoms with Crippen LogP contribution < -0.4 is 15.4 Å². The lowest BCUT2D eigenvalue weighted by atomic mass is 9.87. The zero-order valence-electron chi connectivity index (χ0n) is 13.2. The number of para-hydroxylation sites is 1. The molecule has 0 heterocycles. The number of nitrogens with one attached hydrogen (secondary N) is 2. The van der Waals surface area contributed by atoms with Gasteiger partial charge in [0.15, 0.2) is 0 Å². The normalized spacial score (nSPS) is 21.0. The van der Waals surface area contributed by atoms with Crippen molar-refractivity contribution in [2.45, 2.75) is 45.2 Å². The molecule has 2 N–H and O–H groups in total. The third-order valence-corrected chi connectivity index (χ3v) is 4.19. The van der Waals surface area contributed by atoms with Crippen LogP contribution in [-0.4, -0.2) is 25.0 Å². The van der Waals surface area contributed by atoms with Gasteiger partial charge in [0, 0.05) is 18.2 Å². The minimum absolute atomic E-state index is 0.126. The largest absolute Gasteiger partial charge is 0.496 e. The second kappa shape index (κ2) is 7.82. The first-order valence-corrected chi connectivity index (χ1v) is 7.80. The molecule has 0 spiro atoms. The molecule has 0 bridgehead atoms. The lowest BCUT2D eigenvalue weighted by Gasteiger charge is -2.26. The highest BCUT2D eigenvalue weighted by Gasteiger charge is 2.22. The van der Waals surface area contributed by atoms with E-state index < -0.39 is 11.8 Å². The first-order chi connectivity index (χ1) is 10.6. The number of carbonyl (C=O) groups excluding carboxylic acids is 2. The Labute approximate surface area is 131 Å². The Morgan fingerprint density at radius 1 is 1.14 bits per heavy atom. The number of rotatable bonds is 4. The molecule has 2 rings (SSSR count). The number of benzene rings is 1. The summed E-state index contributed by atoms with van der Waals surface area (Å²) in [6, 6.07) is 7.54. The predicted octanol–water partition coefficient (Wildman–Crippen LogP) is 2.01. The van der Waals surface area contributed by atoms with Crippen LogP contribution in [0.3, 0.4) is 0 Å². The maximum Gasteiger partial charge on any atom is 0.309 e. The standard InChI is InChI=1S/C17H24N2O3/c1-12-7-9-14(10-8-12)19-17(21)16(20)18-11-13-5-3-4-6-15(13)22-2/h3-6,12,14H,7-11H2,1-2H3,(H,18,20)(H,19,21). The van der Waals surface area contributed by atoms with Crippen molar-refractivity contribution in [1.82, 2.24) is 10.6 Å². The summed E-state index contributed by atoms with van der Waals surface area (Å²) >= 11 is 0. The molecule has 2 amide bonds. The van der Waals surface area contributed by atoms with Crippen molar-refractivity contribution in [2.75, 3.05) is 7.11 Å². The van der Waals surface area contributed by atoms with E-state index in [-0.39, 0.29) is 12.6 Å². The van der Waals surface area contributed by atoms with Gasteiger partial charge in [-0.2, -0.15) is 0 Å². The van der Waals surface area contributed by atoms with Crippen LogP contribution in [0, 0.1) is 5.92 Å². The van der Waals surface area contributed by atoms with E-state index in [9.17, 15) is 9.59 Å². The SMILES string of the molecule is COc1ccccc1CNC(=O)C(=O)NC1CCC(C)CC1. The quantitative estimate of drug-likeness (QED) is 0.836. The monoisotopic (exact) mass is 304 g/mol. The fourth-order valence-corrected chi connectivity index (χ4v) is 2.76. The summed E-state index contributed by atoms with van der Waals surface area (Å²) < 4.78 is 5.22. The smallest absolute Gasteiger partial charge is 0.309 e. The molecule has 0 atom stereocenters. The van der Waals surface area contributed by atoms with Crippen molar-refractivity contribution in [2.24, 2.45) is 5.92 Å². The van der Waals surface area contributed by atoms with Gasteiger partial charge in [0.05, 0.1) is 7.11 Å². The summed E-state index contributed by atoms with van der Waals surface area (Å²) in [5, 5.41) is 5.46. The molecule has 0 unspecified atom stereocenters. The van der Waals surface area contributed by atoms with Crippen molar-refractivity contribution in [1.29, 1.82) is 0 Å². The molecule has 22 heavy (non-hydrogen) atoms. The van der Waals surface area contributed by atoms with E-state index in [0.717, 1.165) is 31.2 Å². The van der Waals surface area contributed by atoms with Gasteiger partial charge < -0.3 is 15.4 Å². The Hall–Kier alpha value is -2.04. The number of ether oxygens (including phenoxy) is 1. The van der Waals surface area contributed by atoms with Gasteiger partial charge in [-0.3, -0.25) is 9.59 Å². The van der Waals surface area contributed by atoms with Gasteiger partial charge in [-0.25, -0.2) is 0 Å². The van der Waals surface area contributed by atoms with Crippen LogP contribution >= 0.6 is 0 Å². The molecule has 120 valence electrons. The fourth-order valence-electron chi connectivity index (χ4n) is 2.76. The molecule has 0 radical (unpaired) electrons. The summed E-state index contributed by atoms with van der Waals surface area (Å²) in [4.78, 5) is 23.8. The third-order valence-electron chi connectivity index (χ3n) is 4.19. The molecule has 1 aliphatic carbocycles. The van der Waals surface area contributed by atoms with E-state index >= 15 is 0 Å². The van der Waals surface area contributed by atoms with E-state index in [4.69, 9.17) is 4.74 Å². The van der Waals surface area contributed by atoms with Crippen molar-refractivity contribution in [3.8, 4) is 5.75 Å². The van der Waals surface area contributed by atoms with E-state index in [1.807, 2.05) is 24.3 Å². The Kier molecular flexibility index (Phi) is 5.81. The molecule has 1 aromatic rings. The highest BCUT2D eigenvalue weighted by molar-refractivity contribution is 6.35. The van der Waals surface area contributed by atoms with E-state index in [2.05, 4.69) is 17.6 Å². The molecule has 1 fully saturated rings. The summed E-state index contributed by atoms with van der Waals surface area (Å²) in [5.41, 5.74) is 0.845. The average Bonchev–Trinajstić information content (AvgIpc) is 2.54. The second-order valence-electron chi connectivity index (χ2n) is 5.92. The first kappa shape index (κ1) is 16.3. The minimum atomic E-state index is -0.593. The van der Waals surface area contributed by atoms with Gasteiger partial charge in [0.1, 0.15) is 5.75 Å². The van der Waals surface area contributed by atoms with Crippen molar-refractivity contribution >= 4 is 11.8 Å². The molecule has 1 aliphatic rings. The van der Waals surface area contributed by atoms with Gasteiger partial charge in [-0.05, 0) is 37.7 Å². The number of carbonyl (C=O) groups is 2. The second-order valence-corrected chi connectivity index (χ2v) is 5.92. The highest BCUT2D eigenvalue weighted by Crippen LogP contribution is 2.23. The first-order valence-electron chi connectivity index (χ1n) is 7.80. The van der Waals surface area contributed by atoms with Crippen molar-refractivity contribution in [3.05, 3.63) is 29.8 Å². The Bertz CT molecular complexity index is 522. The zero-order valence-corrected chi connectivity index (χ0v) is 13.2. The van der Waals surface area contributed by atoms with Gasteiger partial charge in [-0.15, -0.1) is 0 Å². The average molecular weight is 304 g/mol. The fraction of sp³-hybridized carbons (Fsp3) is 0.529. The van der Waals surface area contributed by atoms with E-state index in [0.29, 0.717) is 11.7 Å². The third kappa shape index (κ3) is 4.48. The summed E-state index contributed by atoms with van der Waals surface area (Å²) in [7, 11) is 1.58. The van der Waals surface area contributed by atoms with Crippen LogP contribution in [-0.2, 0) is 16.1 Å². The van der Waals surface area contributed by atoms with Crippen molar-refractivity contribution in [3.63, 3.8) is 0 Å². The summed E-state index contributed by atoms with van der Waals surface area (Å²) in [6.45, 7) is 2.50. The number of methoxy groups -OCH3 is 1. The van der Waals surface area contributed by atoms with E-state index in [1.165, 1.54) is 0 Å². The molecule has 1 aromatic carbocycles. The molecule has 0 saturated heterocycles. The summed E-state index contributed by atoms with van der Waals surface area (Å²) in [6.07, 6.45) is 4.11. The van der Waals surface area contributed by atoms with Crippen LogP contribution in [0.2, 0.25) is 0 Å². The molecule has 1 saturated carbocycles. The Balaban J connectivity index is 1.80. The lowest BCUT2D eigenvalue weighted by Crippen LogP contribution is -2.45. The molecule has 5 heteroatoms. The maximum atomic E-state index is 11.9. The van der Waals surface area contributed by atoms with Crippen LogP contribution in [0.15, 0.2) is 24.3 Å². The van der Waals surface area contributed by atoms with E-state index in [1.54, 1.807) is 7.11 Å². The lowest BCUT2D eigenvalue weighted by molar-refractivity contribution is -0.139. The zero-order chi connectivity index (χ0) is 15.9. The highest BCUT2D eigenvalue weighted by atomic mass is 16.5. The Morgan fingerprint density at radius 2 is 1.82 bits per heavy atom. The molecule has 0 aromatic heterocycles. The molecule has 0 aliphatic heterocycles. The van der Waals surface area contributed by atoms with Gasteiger partial charge >= 0.3 is 11.8 Å². The van der Waals surface area contributed by atoms with Crippen LogP contribution in [0.25, 0.3) is 0 Å². The van der Waals surface area contributed by atoms with Gasteiger partial charge in [0.2, 0.25) is 0 Å². The molecule has 5 nitrogen and oxygen atoms in total. The van der Waals surface area contributed by atoms with Crippen molar-refractivity contribution < 1.29 is 14.3 Å². The number of amides is 2. The Morgan fingerprint density at radius 3 is 2.50 bits per heavy atom. The van der Waals surface area contributed by atoms with Gasteiger partial charge in [0.25, 0.3) is 0 Å². The molecular formula is C17H24N2O3. The molecular weight excluding hydrogens is 280 g/mol. The van der Waals surface area contributed by atoms with Crippen LogP contribution in [0.4, 0.5) is 0 Å². The minimum Gasteiger partial charge on any atom is -0.496 e. The predicted molar refractivity (Wildman–Crippen MR) is 84.4 cm³/mol. The van der Waals surface area contributed by atoms with Crippen LogP contribution in [0.5, 0.6) is 5.75 Å². The van der Waals surface area contributed by atoms with Gasteiger partial charge in [-0.1, -0.05) is 25.1 Å².